The van der Waals surface area contributed by atoms with E-state index in [1.54, 1.807) is 35.1 Å². The third kappa shape index (κ3) is 3.56. The Labute approximate surface area is 188 Å². The van der Waals surface area contributed by atoms with E-state index in [-0.39, 0.29) is 5.69 Å². The number of aliphatic hydroxyl groups excluding tert-OH is 1. The monoisotopic (exact) mass is 431 g/mol. The molecule has 7 nitrogen and oxygen atoms in total. The van der Waals surface area contributed by atoms with Crippen molar-refractivity contribution < 1.29 is 9.90 Å². The SMILES string of the molecule is N#CC(C(=O)Nc1ccccc1)=C(O)c1nn(-c2ccccc2)c2c1cnc1ccccc12. The first kappa shape index (κ1) is 20.0. The molecular formula is C26H17N5O2. The summed E-state index contributed by atoms with van der Waals surface area (Å²) < 4.78 is 1.69. The molecule has 33 heavy (non-hydrogen) atoms. The Kier molecular flexibility index (Phi) is 5.01. The first-order chi connectivity index (χ1) is 16.2. The van der Waals surface area contributed by atoms with Crippen molar-refractivity contribution in [3.63, 3.8) is 0 Å². The number of carbonyl (C=O) groups is 1. The zero-order valence-corrected chi connectivity index (χ0v) is 17.3. The van der Waals surface area contributed by atoms with Gasteiger partial charge in [0.05, 0.1) is 22.1 Å². The number of nitriles is 1. The first-order valence-corrected chi connectivity index (χ1v) is 10.2. The van der Waals surface area contributed by atoms with E-state index in [9.17, 15) is 15.2 Å². The summed E-state index contributed by atoms with van der Waals surface area (Å²) in [5.74, 6) is -1.24. The van der Waals surface area contributed by atoms with Crippen molar-refractivity contribution in [2.45, 2.75) is 0 Å². The number of rotatable bonds is 4. The van der Waals surface area contributed by atoms with Crippen molar-refractivity contribution in [2.24, 2.45) is 0 Å². The van der Waals surface area contributed by atoms with E-state index in [1.807, 2.05) is 66.7 Å². The lowest BCUT2D eigenvalue weighted by atomic mass is 10.1. The van der Waals surface area contributed by atoms with Gasteiger partial charge < -0.3 is 10.4 Å². The fraction of sp³-hybridized carbons (Fsp3) is 0. The predicted octanol–water partition coefficient (Wildman–Crippen LogP) is 5.01. The van der Waals surface area contributed by atoms with Crippen LogP contribution in [0.25, 0.3) is 33.3 Å². The second-order valence-corrected chi connectivity index (χ2v) is 7.29. The van der Waals surface area contributed by atoms with Crippen LogP contribution in [0.5, 0.6) is 0 Å². The third-order valence-corrected chi connectivity index (χ3v) is 5.25. The molecule has 0 radical (unpaired) electrons. The Balaban J connectivity index is 1.73. The zero-order chi connectivity index (χ0) is 22.8. The number of pyridine rings is 1. The normalized spacial score (nSPS) is 11.7. The quantitative estimate of drug-likeness (QED) is 0.237. The van der Waals surface area contributed by atoms with Gasteiger partial charge in [0, 0.05) is 17.3 Å². The fourth-order valence-electron chi connectivity index (χ4n) is 3.71. The summed E-state index contributed by atoms with van der Waals surface area (Å²) in [6.07, 6.45) is 1.60. The summed E-state index contributed by atoms with van der Waals surface area (Å²) >= 11 is 0. The molecule has 2 heterocycles. The van der Waals surface area contributed by atoms with Crippen LogP contribution in [-0.4, -0.2) is 25.8 Å². The lowest BCUT2D eigenvalue weighted by Crippen LogP contribution is -2.15. The summed E-state index contributed by atoms with van der Waals surface area (Å²) in [5, 5.41) is 29.3. The maximum atomic E-state index is 12.8. The molecule has 0 aliphatic heterocycles. The Hall–Kier alpha value is -4.96. The highest BCUT2D eigenvalue weighted by Gasteiger charge is 2.23. The predicted molar refractivity (Wildman–Crippen MR) is 127 cm³/mol. The van der Waals surface area contributed by atoms with Crippen molar-refractivity contribution in [1.29, 1.82) is 5.26 Å². The summed E-state index contributed by atoms with van der Waals surface area (Å²) in [5.41, 5.74) is 2.42. The average molecular weight is 431 g/mol. The number of para-hydroxylation sites is 3. The second-order valence-electron chi connectivity index (χ2n) is 7.29. The number of hydrogen-bond acceptors (Lipinski definition) is 5. The molecule has 1 amide bonds. The van der Waals surface area contributed by atoms with Crippen LogP contribution in [0.4, 0.5) is 5.69 Å². The molecule has 0 bridgehead atoms. The Morgan fingerprint density at radius 2 is 1.58 bits per heavy atom. The van der Waals surface area contributed by atoms with Crippen molar-refractivity contribution in [3.05, 3.63) is 102 Å². The third-order valence-electron chi connectivity index (χ3n) is 5.25. The average Bonchev–Trinajstić information content (AvgIpc) is 3.26. The molecule has 0 spiro atoms. The Morgan fingerprint density at radius 3 is 2.30 bits per heavy atom. The van der Waals surface area contributed by atoms with Gasteiger partial charge in [0.2, 0.25) is 0 Å². The van der Waals surface area contributed by atoms with Crippen LogP contribution in [0, 0.1) is 11.3 Å². The largest absolute Gasteiger partial charge is 0.504 e. The van der Waals surface area contributed by atoms with Crippen molar-refractivity contribution >= 4 is 39.2 Å². The van der Waals surface area contributed by atoms with Crippen LogP contribution in [0.15, 0.2) is 96.7 Å². The molecule has 0 saturated carbocycles. The molecule has 0 unspecified atom stereocenters. The molecule has 0 fully saturated rings. The first-order valence-electron chi connectivity index (χ1n) is 10.2. The van der Waals surface area contributed by atoms with Crippen LogP contribution >= 0.6 is 0 Å². The Bertz CT molecular complexity index is 1560. The molecule has 2 N–H and O–H groups in total. The fourth-order valence-corrected chi connectivity index (χ4v) is 3.71. The molecule has 5 aromatic rings. The van der Waals surface area contributed by atoms with Gasteiger partial charge in [0.1, 0.15) is 11.8 Å². The zero-order valence-electron chi connectivity index (χ0n) is 17.3. The van der Waals surface area contributed by atoms with E-state index < -0.39 is 17.2 Å². The summed E-state index contributed by atoms with van der Waals surface area (Å²) in [6.45, 7) is 0. The number of fused-ring (bicyclic) bond motifs is 3. The van der Waals surface area contributed by atoms with E-state index >= 15 is 0 Å². The topological polar surface area (TPSA) is 104 Å². The second kappa shape index (κ2) is 8.29. The number of amides is 1. The van der Waals surface area contributed by atoms with Crippen LogP contribution in [0.2, 0.25) is 0 Å². The maximum Gasteiger partial charge on any atom is 0.270 e. The minimum Gasteiger partial charge on any atom is -0.504 e. The van der Waals surface area contributed by atoms with E-state index in [4.69, 9.17) is 0 Å². The summed E-state index contributed by atoms with van der Waals surface area (Å²) in [4.78, 5) is 17.3. The summed E-state index contributed by atoms with van der Waals surface area (Å²) in [6, 6.07) is 27.6. The van der Waals surface area contributed by atoms with E-state index in [0.29, 0.717) is 16.6 Å². The molecule has 0 aliphatic rings. The lowest BCUT2D eigenvalue weighted by molar-refractivity contribution is -0.112. The smallest absolute Gasteiger partial charge is 0.270 e. The van der Waals surface area contributed by atoms with Crippen LogP contribution in [-0.2, 0) is 4.79 Å². The van der Waals surface area contributed by atoms with Crippen LogP contribution in [0.3, 0.4) is 0 Å². The van der Waals surface area contributed by atoms with Gasteiger partial charge in [0.15, 0.2) is 11.3 Å². The molecule has 158 valence electrons. The molecule has 0 saturated heterocycles. The van der Waals surface area contributed by atoms with E-state index in [1.165, 1.54) is 0 Å². The lowest BCUT2D eigenvalue weighted by Gasteiger charge is -2.05. The molecule has 7 heteroatoms. The highest BCUT2D eigenvalue weighted by molar-refractivity contribution is 6.13. The molecule has 0 aliphatic carbocycles. The summed E-state index contributed by atoms with van der Waals surface area (Å²) in [7, 11) is 0. The van der Waals surface area contributed by atoms with Crippen molar-refractivity contribution in [2.75, 3.05) is 5.32 Å². The highest BCUT2D eigenvalue weighted by atomic mass is 16.3. The van der Waals surface area contributed by atoms with Gasteiger partial charge in [-0.3, -0.25) is 9.78 Å². The highest BCUT2D eigenvalue weighted by Crippen LogP contribution is 2.32. The van der Waals surface area contributed by atoms with E-state index in [2.05, 4.69) is 15.4 Å². The van der Waals surface area contributed by atoms with Gasteiger partial charge in [-0.05, 0) is 30.3 Å². The van der Waals surface area contributed by atoms with Gasteiger partial charge in [-0.2, -0.15) is 10.4 Å². The molecular weight excluding hydrogens is 414 g/mol. The van der Waals surface area contributed by atoms with Crippen molar-refractivity contribution in [1.82, 2.24) is 14.8 Å². The van der Waals surface area contributed by atoms with E-state index in [0.717, 1.165) is 16.6 Å². The van der Waals surface area contributed by atoms with Gasteiger partial charge in [-0.15, -0.1) is 0 Å². The number of benzene rings is 3. The van der Waals surface area contributed by atoms with Gasteiger partial charge in [-0.25, -0.2) is 4.68 Å². The standard InChI is InChI=1S/C26H17N5O2/c27-15-20(26(33)29-17-9-3-1-4-10-17)25(32)23-21-16-28-22-14-8-7-13-19(22)24(21)31(30-23)18-11-5-2-6-12-18/h1-14,16,32H,(H,29,33). The van der Waals surface area contributed by atoms with Gasteiger partial charge in [-0.1, -0.05) is 54.6 Å². The number of aromatic nitrogens is 3. The molecule has 3 aromatic carbocycles. The van der Waals surface area contributed by atoms with Crippen LogP contribution in [0.1, 0.15) is 5.69 Å². The number of anilines is 1. The molecule has 2 aromatic heterocycles. The minimum atomic E-state index is -0.725. The van der Waals surface area contributed by atoms with Crippen molar-refractivity contribution in [3.8, 4) is 11.8 Å². The minimum absolute atomic E-state index is 0.104. The molecule has 0 atom stereocenters. The number of nitrogens with zero attached hydrogens (tertiary/aromatic N) is 4. The number of hydrogen-bond donors (Lipinski definition) is 2. The van der Waals surface area contributed by atoms with Crippen LogP contribution < -0.4 is 5.32 Å². The maximum absolute atomic E-state index is 12.8. The number of carbonyl (C=O) groups excluding carboxylic acids is 1. The Morgan fingerprint density at radius 1 is 0.909 bits per heavy atom. The van der Waals surface area contributed by atoms with Gasteiger partial charge >= 0.3 is 0 Å². The molecule has 5 rings (SSSR count). The number of aliphatic hydroxyl groups is 1. The number of nitrogens with one attached hydrogen (secondary N) is 1. The van der Waals surface area contributed by atoms with Gasteiger partial charge in [0.25, 0.3) is 5.91 Å².